The molecule has 0 aromatic rings. The molecule has 0 amide bonds. The Morgan fingerprint density at radius 3 is 0.0652 bits per heavy atom. The third-order valence-corrected chi connectivity index (χ3v) is 0. The molecule has 0 saturated heterocycles. The molecule has 0 aliphatic rings. The Morgan fingerprint density at radius 2 is 0.0652 bits per heavy atom. The maximum Gasteiger partial charge on any atom is -0.0683 e. The van der Waals surface area contributed by atoms with Gasteiger partial charge in [-0.25, -0.2) is 0 Å². The Bertz CT molecular complexity index is 0. The standard InChI is InChI=1S/15C2H6.16CH4/c15*1-2;;;;;;;;;;;;;;;;/h15*1-2H3;16*1H4. The molecule has 0 aliphatic carbocycles. The van der Waals surface area contributed by atoms with E-state index in [1.165, 1.54) is 0 Å². The van der Waals surface area contributed by atoms with E-state index in [9.17, 15) is 0 Å². The van der Waals surface area contributed by atoms with Crippen LogP contribution in [0.2, 0.25) is 0 Å². The molecule has 0 spiro atoms. The lowest BCUT2D eigenvalue weighted by atomic mass is 11.0. The summed E-state index contributed by atoms with van der Waals surface area (Å²) in [6.45, 7) is 60.0. The lowest BCUT2D eigenvalue weighted by Gasteiger charge is -1.07. The van der Waals surface area contributed by atoms with Crippen LogP contribution in [-0.2, 0) is 0 Å². The molecule has 0 atom stereocenters. The molecule has 0 saturated carbocycles. The maximum atomic E-state index is 2.00. The van der Waals surface area contributed by atoms with Crippen molar-refractivity contribution >= 4 is 0 Å². The van der Waals surface area contributed by atoms with E-state index in [2.05, 4.69) is 0 Å². The van der Waals surface area contributed by atoms with Crippen LogP contribution in [0.3, 0.4) is 0 Å². The van der Waals surface area contributed by atoms with Gasteiger partial charge in [0.2, 0.25) is 0 Å². The van der Waals surface area contributed by atoms with Gasteiger partial charge in [-0.2, -0.15) is 0 Å². The fourth-order valence-electron chi connectivity index (χ4n) is 0. The van der Waals surface area contributed by atoms with Crippen molar-refractivity contribution in [2.45, 2.75) is 327 Å². The minimum atomic E-state index is 0. The van der Waals surface area contributed by atoms with Gasteiger partial charge in [0, 0.05) is 0 Å². The Balaban J connectivity index is -0.00000000176. The van der Waals surface area contributed by atoms with Gasteiger partial charge in [0.05, 0.1) is 0 Å². The SMILES string of the molecule is C.C.C.C.C.C.C.C.C.C.C.C.C.C.C.C.CC.CC.CC.CC.CC.CC.CC.CC.CC.CC.CC.CC.CC.CC.CC. The molecule has 0 heteroatoms. The van der Waals surface area contributed by atoms with Crippen LogP contribution in [0, 0.1) is 0 Å². The first-order valence-corrected chi connectivity index (χ1v) is 15.0. The van der Waals surface area contributed by atoms with Gasteiger partial charge >= 0.3 is 0 Å². The van der Waals surface area contributed by atoms with Crippen LogP contribution in [0.5, 0.6) is 0 Å². The van der Waals surface area contributed by atoms with Gasteiger partial charge in [-0.15, -0.1) is 0 Å². The normalized spacial score (nSPS) is 1.96. The molecule has 0 fully saturated rings. The molecule has 46 heavy (non-hydrogen) atoms. The van der Waals surface area contributed by atoms with Crippen molar-refractivity contribution in [3.63, 3.8) is 0 Å². The fraction of sp³-hybridized carbons (Fsp3) is 1.00. The topological polar surface area (TPSA) is 0 Å². The zero-order valence-electron chi connectivity index (χ0n) is 30.0. The Kier molecular flexibility index (Phi) is 0. The molecule has 0 rings (SSSR count). The molecule has 0 heterocycles. The van der Waals surface area contributed by atoms with Gasteiger partial charge in [-0.05, 0) is 0 Å². The average Bonchev–Trinajstić information content (AvgIpc) is 3.00. The lowest BCUT2D eigenvalue weighted by molar-refractivity contribution is 1.50. The van der Waals surface area contributed by atoms with Gasteiger partial charge < -0.3 is 0 Å². The third-order valence-electron chi connectivity index (χ3n) is 0. The van der Waals surface area contributed by atoms with Crippen molar-refractivity contribution in [1.29, 1.82) is 0 Å². The highest BCUT2D eigenvalue weighted by Crippen LogP contribution is 1.17. The summed E-state index contributed by atoms with van der Waals surface area (Å²) < 4.78 is 0. The Morgan fingerprint density at radius 1 is 0.0652 bits per heavy atom. The summed E-state index contributed by atoms with van der Waals surface area (Å²) in [4.78, 5) is 0. The highest BCUT2D eigenvalue weighted by Gasteiger charge is 0.960. The fourth-order valence-corrected chi connectivity index (χ4v) is 0. The highest BCUT2D eigenvalue weighted by atomic mass is 13.0. The maximum absolute atomic E-state index is 2.00. The van der Waals surface area contributed by atoms with Crippen molar-refractivity contribution in [2.24, 2.45) is 0 Å². The monoisotopic (exact) mass is 707 g/mol. The number of hydrogen-bond acceptors (Lipinski definition) is 0. The molecule has 338 valence electrons. The first-order chi connectivity index (χ1) is 15.0. The first kappa shape index (κ1) is 414. The summed E-state index contributed by atoms with van der Waals surface area (Å²) in [6, 6.07) is 0. The van der Waals surface area contributed by atoms with E-state index in [1.807, 2.05) is 208 Å². The predicted octanol–water partition coefficient (Wildman–Crippen LogP) is 25.6. The van der Waals surface area contributed by atoms with E-state index in [-0.39, 0.29) is 119 Å². The van der Waals surface area contributed by atoms with Crippen LogP contribution in [0.4, 0.5) is 0 Å². The molecular formula is C46H154. The summed E-state index contributed by atoms with van der Waals surface area (Å²) in [5.41, 5.74) is 0. The van der Waals surface area contributed by atoms with Gasteiger partial charge in [0.1, 0.15) is 0 Å². The smallest absolute Gasteiger partial charge is 0.0683 e. The molecule has 0 aromatic heterocycles. The molecule has 0 aromatic carbocycles. The molecule has 0 N–H and O–H groups in total. The van der Waals surface area contributed by atoms with Crippen LogP contribution in [0.1, 0.15) is 327 Å². The number of hydrogen-bond donors (Lipinski definition) is 0. The second-order valence-electron chi connectivity index (χ2n) is 0. The van der Waals surface area contributed by atoms with Gasteiger partial charge in [0.25, 0.3) is 0 Å². The van der Waals surface area contributed by atoms with E-state index >= 15 is 0 Å². The summed E-state index contributed by atoms with van der Waals surface area (Å²) in [5.74, 6) is 0. The Labute approximate surface area is 325 Å². The van der Waals surface area contributed by atoms with Crippen LogP contribution >= 0.6 is 0 Å². The Hall–Kier alpha value is 0. The second-order valence-corrected chi connectivity index (χ2v) is 0. The largest absolute Gasteiger partial charge is 0.0776 e. The van der Waals surface area contributed by atoms with Crippen LogP contribution in [0.25, 0.3) is 0 Å². The summed E-state index contributed by atoms with van der Waals surface area (Å²) >= 11 is 0. The van der Waals surface area contributed by atoms with Crippen LogP contribution in [-0.4, -0.2) is 0 Å². The zero-order chi connectivity index (χ0) is 30.0. The zero-order valence-corrected chi connectivity index (χ0v) is 30.0. The van der Waals surface area contributed by atoms with Crippen molar-refractivity contribution < 1.29 is 0 Å². The van der Waals surface area contributed by atoms with E-state index in [4.69, 9.17) is 0 Å². The van der Waals surface area contributed by atoms with Crippen molar-refractivity contribution in [3.8, 4) is 0 Å². The highest BCUT2D eigenvalue weighted by molar-refractivity contribution is 3.53. The van der Waals surface area contributed by atoms with E-state index in [1.54, 1.807) is 0 Å². The van der Waals surface area contributed by atoms with E-state index in [0.29, 0.717) is 0 Å². The molecule has 0 nitrogen and oxygen atoms in total. The number of rotatable bonds is 0. The minimum absolute atomic E-state index is 0. The third kappa shape index (κ3) is 0. The summed E-state index contributed by atoms with van der Waals surface area (Å²) in [5, 5.41) is 0. The van der Waals surface area contributed by atoms with Crippen molar-refractivity contribution in [2.75, 3.05) is 0 Å². The summed E-state index contributed by atoms with van der Waals surface area (Å²) in [7, 11) is 0. The van der Waals surface area contributed by atoms with Crippen LogP contribution in [0.15, 0.2) is 0 Å². The first-order valence-electron chi connectivity index (χ1n) is 15.0. The molecular weight excluding hydrogens is 553 g/mol. The quantitative estimate of drug-likeness (QED) is 0.235. The molecule has 0 bridgehead atoms. The van der Waals surface area contributed by atoms with Gasteiger partial charge in [-0.1, -0.05) is 327 Å². The van der Waals surface area contributed by atoms with E-state index < -0.39 is 0 Å². The molecule has 0 aliphatic heterocycles. The lowest BCUT2D eigenvalue weighted by Crippen LogP contribution is -0.856. The van der Waals surface area contributed by atoms with Crippen LogP contribution < -0.4 is 0 Å². The van der Waals surface area contributed by atoms with Gasteiger partial charge in [-0.3, -0.25) is 0 Å². The summed E-state index contributed by atoms with van der Waals surface area (Å²) in [6.07, 6.45) is 0. The van der Waals surface area contributed by atoms with Crippen molar-refractivity contribution in [3.05, 3.63) is 0 Å². The second kappa shape index (κ2) is 0. The van der Waals surface area contributed by atoms with Crippen molar-refractivity contribution in [1.82, 2.24) is 0 Å². The molecule has 0 radical (unpaired) electrons. The predicted molar refractivity (Wildman–Crippen MR) is 278 cm³/mol. The average molecular weight is 708 g/mol. The molecule has 0 unspecified atom stereocenters. The minimum Gasteiger partial charge on any atom is -0.0776 e. The van der Waals surface area contributed by atoms with Gasteiger partial charge in [0.15, 0.2) is 0 Å². The van der Waals surface area contributed by atoms with E-state index in [0.717, 1.165) is 0 Å².